The number of nitrogens with one attached hydrogen (secondary N) is 1. The average Bonchev–Trinajstić information content (AvgIpc) is 2.79. The molecule has 0 bridgehead atoms. The predicted octanol–water partition coefficient (Wildman–Crippen LogP) is 2.34. The molecule has 1 N–H and O–H groups in total. The van der Waals surface area contributed by atoms with Gasteiger partial charge >= 0.3 is 6.03 Å². The van der Waals surface area contributed by atoms with E-state index in [0.29, 0.717) is 25.6 Å². The van der Waals surface area contributed by atoms with E-state index in [-0.39, 0.29) is 11.9 Å². The number of nitrogens with zero attached hydrogens (tertiary/aromatic N) is 2. The van der Waals surface area contributed by atoms with Gasteiger partial charge in [0, 0.05) is 38.3 Å². The van der Waals surface area contributed by atoms with Crippen molar-refractivity contribution in [2.24, 2.45) is 5.92 Å². The smallest absolute Gasteiger partial charge is 0.317 e. The summed E-state index contributed by atoms with van der Waals surface area (Å²) in [4.78, 5) is 28.5. The van der Waals surface area contributed by atoms with Crippen LogP contribution >= 0.6 is 0 Å². The summed E-state index contributed by atoms with van der Waals surface area (Å²) in [5.74, 6) is 0.726. The van der Waals surface area contributed by atoms with Gasteiger partial charge in [-0.25, -0.2) is 4.79 Å². The molecule has 0 radical (unpaired) electrons. The summed E-state index contributed by atoms with van der Waals surface area (Å²) in [6.07, 6.45) is 4.59. The first-order chi connectivity index (χ1) is 11.2. The molecule has 23 heavy (non-hydrogen) atoms. The molecule has 5 nitrogen and oxygen atoms in total. The normalized spacial score (nSPS) is 19.0. The van der Waals surface area contributed by atoms with Crippen LogP contribution in [0.1, 0.15) is 36.0 Å². The second-order valence-electron chi connectivity index (χ2n) is 6.48. The van der Waals surface area contributed by atoms with Gasteiger partial charge in [-0.2, -0.15) is 0 Å². The van der Waals surface area contributed by atoms with E-state index in [0.717, 1.165) is 25.1 Å². The van der Waals surface area contributed by atoms with Crippen molar-refractivity contribution in [1.82, 2.24) is 15.1 Å². The molecule has 3 amide bonds. The average molecular weight is 315 g/mol. The van der Waals surface area contributed by atoms with Crippen molar-refractivity contribution in [3.8, 4) is 0 Å². The lowest BCUT2D eigenvalue weighted by Crippen LogP contribution is -2.44. The molecule has 1 saturated carbocycles. The molecule has 1 aliphatic heterocycles. The summed E-state index contributed by atoms with van der Waals surface area (Å²) in [6.45, 7) is 3.43. The maximum Gasteiger partial charge on any atom is 0.317 e. The number of amides is 3. The van der Waals surface area contributed by atoms with Crippen LogP contribution in [0, 0.1) is 5.92 Å². The molecular formula is C18H25N3O2. The lowest BCUT2D eigenvalue weighted by Gasteiger charge is -2.27. The van der Waals surface area contributed by atoms with Gasteiger partial charge in [0.05, 0.1) is 0 Å². The first-order valence-corrected chi connectivity index (χ1v) is 8.61. The quantitative estimate of drug-likeness (QED) is 0.931. The Kier molecular flexibility index (Phi) is 5.16. The summed E-state index contributed by atoms with van der Waals surface area (Å²) >= 11 is 0. The van der Waals surface area contributed by atoms with Crippen molar-refractivity contribution in [3.63, 3.8) is 0 Å². The highest BCUT2D eigenvalue weighted by atomic mass is 16.2. The van der Waals surface area contributed by atoms with Gasteiger partial charge in [0.1, 0.15) is 0 Å². The Balaban J connectivity index is 1.50. The van der Waals surface area contributed by atoms with Gasteiger partial charge in [0.2, 0.25) is 0 Å². The fraction of sp³-hybridized carbons (Fsp3) is 0.556. The predicted molar refractivity (Wildman–Crippen MR) is 89.3 cm³/mol. The largest absolute Gasteiger partial charge is 0.338 e. The van der Waals surface area contributed by atoms with E-state index in [2.05, 4.69) is 5.32 Å². The molecule has 0 atom stereocenters. The zero-order valence-electron chi connectivity index (χ0n) is 13.5. The fourth-order valence-electron chi connectivity index (χ4n) is 3.13. The van der Waals surface area contributed by atoms with E-state index >= 15 is 0 Å². The topological polar surface area (TPSA) is 52.7 Å². The van der Waals surface area contributed by atoms with Crippen molar-refractivity contribution in [3.05, 3.63) is 35.9 Å². The van der Waals surface area contributed by atoms with Gasteiger partial charge in [-0.1, -0.05) is 24.6 Å². The number of hydrogen-bond acceptors (Lipinski definition) is 2. The third-order valence-corrected chi connectivity index (χ3v) is 4.86. The Bertz CT molecular complexity index is 542. The minimum absolute atomic E-state index is 0.0194. The van der Waals surface area contributed by atoms with Crippen LogP contribution < -0.4 is 5.32 Å². The van der Waals surface area contributed by atoms with Crippen molar-refractivity contribution in [2.45, 2.75) is 25.7 Å². The molecule has 1 aromatic carbocycles. The van der Waals surface area contributed by atoms with Crippen LogP contribution in [-0.4, -0.2) is 54.5 Å². The van der Waals surface area contributed by atoms with Crippen LogP contribution in [0.2, 0.25) is 0 Å². The van der Waals surface area contributed by atoms with E-state index < -0.39 is 0 Å². The van der Waals surface area contributed by atoms with E-state index in [1.165, 1.54) is 19.3 Å². The van der Waals surface area contributed by atoms with Crippen LogP contribution in [0.15, 0.2) is 30.3 Å². The van der Waals surface area contributed by atoms with E-state index in [4.69, 9.17) is 0 Å². The first-order valence-electron chi connectivity index (χ1n) is 8.61. The van der Waals surface area contributed by atoms with Gasteiger partial charge in [0.25, 0.3) is 5.91 Å². The number of benzene rings is 1. The molecule has 2 aliphatic rings. The van der Waals surface area contributed by atoms with Crippen LogP contribution in [0.4, 0.5) is 4.79 Å². The Hall–Kier alpha value is -2.04. The third kappa shape index (κ3) is 4.03. The van der Waals surface area contributed by atoms with E-state index in [1.807, 2.05) is 40.1 Å². The molecule has 1 heterocycles. The molecule has 0 unspecified atom stereocenters. The summed E-state index contributed by atoms with van der Waals surface area (Å²) in [6, 6.07) is 9.38. The molecule has 2 fully saturated rings. The number of hydrogen-bond donors (Lipinski definition) is 1. The molecule has 0 aromatic heterocycles. The number of rotatable bonds is 3. The maximum atomic E-state index is 12.5. The molecule has 1 saturated heterocycles. The second-order valence-corrected chi connectivity index (χ2v) is 6.48. The van der Waals surface area contributed by atoms with Gasteiger partial charge in [-0.3, -0.25) is 4.79 Å². The summed E-state index contributed by atoms with van der Waals surface area (Å²) in [5, 5.41) is 3.04. The Labute approximate surface area is 137 Å². The van der Waals surface area contributed by atoms with Crippen LogP contribution in [-0.2, 0) is 0 Å². The number of carbonyl (C=O) groups is 2. The highest BCUT2D eigenvalue weighted by Gasteiger charge is 2.24. The fourth-order valence-corrected chi connectivity index (χ4v) is 3.13. The zero-order chi connectivity index (χ0) is 16.1. The standard InChI is InChI=1S/C18H25N3O2/c22-17(16-8-2-1-3-9-16)20-10-5-11-21(13-12-20)18(23)19-14-15-6-4-7-15/h1-3,8-9,15H,4-7,10-14H2,(H,19,23). The molecule has 1 aromatic rings. The van der Waals surface area contributed by atoms with Gasteiger partial charge in [-0.05, 0) is 37.3 Å². The van der Waals surface area contributed by atoms with E-state index in [1.54, 1.807) is 0 Å². The summed E-state index contributed by atoms with van der Waals surface area (Å²) in [7, 11) is 0. The Morgan fingerprint density at radius 1 is 0.957 bits per heavy atom. The molecule has 5 heteroatoms. The number of urea groups is 1. The summed E-state index contributed by atoms with van der Waals surface area (Å²) in [5.41, 5.74) is 0.718. The molecule has 124 valence electrons. The third-order valence-electron chi connectivity index (χ3n) is 4.86. The minimum atomic E-state index is 0.0194. The SMILES string of the molecule is O=C(NCC1CCC1)N1CCCN(C(=O)c2ccccc2)CC1. The second kappa shape index (κ2) is 7.49. The van der Waals surface area contributed by atoms with Gasteiger partial charge in [-0.15, -0.1) is 0 Å². The molecule has 1 aliphatic carbocycles. The molecule has 3 rings (SSSR count). The van der Waals surface area contributed by atoms with Crippen molar-refractivity contribution < 1.29 is 9.59 Å². The van der Waals surface area contributed by atoms with Gasteiger partial charge < -0.3 is 15.1 Å². The van der Waals surface area contributed by atoms with Crippen molar-refractivity contribution in [2.75, 3.05) is 32.7 Å². The number of carbonyl (C=O) groups excluding carboxylic acids is 2. The van der Waals surface area contributed by atoms with E-state index in [9.17, 15) is 9.59 Å². The highest BCUT2D eigenvalue weighted by molar-refractivity contribution is 5.94. The monoisotopic (exact) mass is 315 g/mol. The molecular weight excluding hydrogens is 290 g/mol. The maximum absolute atomic E-state index is 12.5. The zero-order valence-corrected chi connectivity index (χ0v) is 13.5. The van der Waals surface area contributed by atoms with Crippen molar-refractivity contribution in [1.29, 1.82) is 0 Å². The lowest BCUT2D eigenvalue weighted by atomic mass is 9.85. The highest BCUT2D eigenvalue weighted by Crippen LogP contribution is 2.25. The van der Waals surface area contributed by atoms with Crippen LogP contribution in [0.25, 0.3) is 0 Å². The Morgan fingerprint density at radius 2 is 1.65 bits per heavy atom. The van der Waals surface area contributed by atoms with Gasteiger partial charge in [0.15, 0.2) is 0 Å². The first kappa shape index (κ1) is 15.8. The van der Waals surface area contributed by atoms with Crippen molar-refractivity contribution >= 4 is 11.9 Å². The van der Waals surface area contributed by atoms with Crippen LogP contribution in [0.3, 0.4) is 0 Å². The lowest BCUT2D eigenvalue weighted by molar-refractivity contribution is 0.0762. The minimum Gasteiger partial charge on any atom is -0.338 e. The molecule has 0 spiro atoms. The van der Waals surface area contributed by atoms with Crippen LogP contribution in [0.5, 0.6) is 0 Å². The summed E-state index contributed by atoms with van der Waals surface area (Å²) < 4.78 is 0. The Morgan fingerprint density at radius 3 is 2.35 bits per heavy atom.